The minimum absolute atomic E-state index is 0.0460. The molecule has 118 valence electrons. The fourth-order valence-corrected chi connectivity index (χ4v) is 2.38. The molecule has 0 radical (unpaired) electrons. The number of ether oxygens (including phenoxy) is 1. The van der Waals surface area contributed by atoms with Gasteiger partial charge in [-0.25, -0.2) is 0 Å². The first-order valence-corrected chi connectivity index (χ1v) is 7.37. The largest absolute Gasteiger partial charge is 0.375 e. The Kier molecular flexibility index (Phi) is 5.30. The van der Waals surface area contributed by atoms with E-state index in [2.05, 4.69) is 22.0 Å². The highest BCUT2D eigenvalue weighted by Gasteiger charge is 2.27. The van der Waals surface area contributed by atoms with Crippen molar-refractivity contribution in [3.63, 3.8) is 0 Å². The van der Waals surface area contributed by atoms with Crippen LogP contribution in [0.4, 0.5) is 0 Å². The molecule has 1 amide bonds. The Morgan fingerprint density at radius 1 is 1.29 bits per heavy atom. The molecule has 1 aromatic heterocycles. The molecule has 7 nitrogen and oxygen atoms in total. The average Bonchev–Trinajstić information content (AvgIpc) is 2.97. The van der Waals surface area contributed by atoms with E-state index in [-0.39, 0.29) is 24.5 Å². The van der Waals surface area contributed by atoms with Gasteiger partial charge in [0.15, 0.2) is 5.82 Å². The number of hydrogen-bond acceptors (Lipinski definition) is 6. The molecule has 1 unspecified atom stereocenters. The van der Waals surface area contributed by atoms with Crippen LogP contribution in [0.3, 0.4) is 0 Å². The third-order valence-corrected chi connectivity index (χ3v) is 3.81. The second-order valence-corrected chi connectivity index (χ2v) is 5.67. The van der Waals surface area contributed by atoms with E-state index in [1.165, 1.54) is 7.11 Å². The van der Waals surface area contributed by atoms with Crippen LogP contribution in [0.25, 0.3) is 0 Å². The molecular formula is C14H24N4O3. The number of methoxy groups -OCH3 is 1. The molecule has 1 aliphatic heterocycles. The van der Waals surface area contributed by atoms with Gasteiger partial charge >= 0.3 is 0 Å². The van der Waals surface area contributed by atoms with Crippen LogP contribution >= 0.6 is 0 Å². The minimum atomic E-state index is 0.0460. The third kappa shape index (κ3) is 3.79. The standard InChI is InChI=1S/C14H24N4O3/c1-10(2)13-15-14(21-16-13)11(3)17-5-7-18(8-6-17)12(19)9-20-4/h10-11H,5-9H2,1-4H3. The molecule has 2 heterocycles. The number of rotatable bonds is 5. The summed E-state index contributed by atoms with van der Waals surface area (Å²) in [5, 5.41) is 4.01. The predicted octanol–water partition coefficient (Wildman–Crippen LogP) is 1.04. The summed E-state index contributed by atoms with van der Waals surface area (Å²) in [4.78, 5) is 20.3. The zero-order chi connectivity index (χ0) is 15.4. The van der Waals surface area contributed by atoms with Crippen LogP contribution in [-0.2, 0) is 9.53 Å². The van der Waals surface area contributed by atoms with E-state index in [4.69, 9.17) is 9.26 Å². The van der Waals surface area contributed by atoms with E-state index in [0.29, 0.717) is 19.0 Å². The summed E-state index contributed by atoms with van der Waals surface area (Å²) >= 11 is 0. The SMILES string of the molecule is COCC(=O)N1CCN(C(C)c2nc(C(C)C)no2)CC1. The second-order valence-electron chi connectivity index (χ2n) is 5.67. The molecule has 0 aromatic carbocycles. The van der Waals surface area contributed by atoms with Gasteiger partial charge in [-0.1, -0.05) is 19.0 Å². The van der Waals surface area contributed by atoms with Crippen LogP contribution in [0.15, 0.2) is 4.52 Å². The molecule has 0 N–H and O–H groups in total. The lowest BCUT2D eigenvalue weighted by Gasteiger charge is -2.36. The van der Waals surface area contributed by atoms with Crippen molar-refractivity contribution in [1.82, 2.24) is 19.9 Å². The maximum Gasteiger partial charge on any atom is 0.248 e. The van der Waals surface area contributed by atoms with Crippen molar-refractivity contribution in [3.8, 4) is 0 Å². The Labute approximate surface area is 125 Å². The lowest BCUT2D eigenvalue weighted by Crippen LogP contribution is -2.50. The summed E-state index contributed by atoms with van der Waals surface area (Å²) in [6, 6.07) is 0.0738. The van der Waals surface area contributed by atoms with E-state index in [9.17, 15) is 4.79 Å². The van der Waals surface area contributed by atoms with Crippen molar-refractivity contribution in [2.45, 2.75) is 32.7 Å². The summed E-state index contributed by atoms with van der Waals surface area (Å²) in [6.07, 6.45) is 0. The Morgan fingerprint density at radius 2 is 1.95 bits per heavy atom. The maximum atomic E-state index is 11.8. The van der Waals surface area contributed by atoms with Crippen molar-refractivity contribution < 1.29 is 14.1 Å². The molecule has 1 aliphatic rings. The fourth-order valence-electron chi connectivity index (χ4n) is 2.38. The van der Waals surface area contributed by atoms with Crippen LogP contribution in [0.5, 0.6) is 0 Å². The maximum absolute atomic E-state index is 11.8. The molecule has 1 atom stereocenters. The van der Waals surface area contributed by atoms with Gasteiger partial charge in [-0.3, -0.25) is 9.69 Å². The minimum Gasteiger partial charge on any atom is -0.375 e. The van der Waals surface area contributed by atoms with Gasteiger partial charge in [-0.2, -0.15) is 4.98 Å². The number of hydrogen-bond donors (Lipinski definition) is 0. The summed E-state index contributed by atoms with van der Waals surface area (Å²) in [5.41, 5.74) is 0. The number of amides is 1. The van der Waals surface area contributed by atoms with Crippen LogP contribution in [-0.4, -0.2) is 65.7 Å². The van der Waals surface area contributed by atoms with E-state index in [0.717, 1.165) is 18.9 Å². The molecule has 2 rings (SSSR count). The van der Waals surface area contributed by atoms with Gasteiger partial charge in [0, 0.05) is 39.2 Å². The summed E-state index contributed by atoms with van der Waals surface area (Å²) < 4.78 is 10.2. The first-order valence-electron chi connectivity index (χ1n) is 7.37. The summed E-state index contributed by atoms with van der Waals surface area (Å²) in [6.45, 7) is 9.31. The van der Waals surface area contributed by atoms with E-state index in [1.807, 2.05) is 18.7 Å². The van der Waals surface area contributed by atoms with Gasteiger partial charge in [0.1, 0.15) is 6.61 Å². The van der Waals surface area contributed by atoms with Crippen molar-refractivity contribution in [2.75, 3.05) is 39.9 Å². The van der Waals surface area contributed by atoms with Gasteiger partial charge in [-0.05, 0) is 6.92 Å². The zero-order valence-corrected chi connectivity index (χ0v) is 13.2. The lowest BCUT2D eigenvalue weighted by molar-refractivity contribution is -0.137. The van der Waals surface area contributed by atoms with Crippen molar-refractivity contribution >= 4 is 5.91 Å². The number of aromatic nitrogens is 2. The fraction of sp³-hybridized carbons (Fsp3) is 0.786. The molecule has 1 aromatic rings. The first-order chi connectivity index (χ1) is 10.0. The second kappa shape index (κ2) is 7.00. The molecule has 1 fully saturated rings. The Balaban J connectivity index is 1.90. The number of piperazine rings is 1. The average molecular weight is 296 g/mol. The van der Waals surface area contributed by atoms with E-state index >= 15 is 0 Å². The van der Waals surface area contributed by atoms with E-state index in [1.54, 1.807) is 0 Å². The van der Waals surface area contributed by atoms with Gasteiger partial charge in [-0.15, -0.1) is 0 Å². The van der Waals surface area contributed by atoms with Crippen LogP contribution in [0.1, 0.15) is 44.4 Å². The van der Waals surface area contributed by atoms with Crippen LogP contribution in [0.2, 0.25) is 0 Å². The zero-order valence-electron chi connectivity index (χ0n) is 13.2. The highest BCUT2D eigenvalue weighted by atomic mass is 16.5. The lowest BCUT2D eigenvalue weighted by atomic mass is 10.2. The molecule has 7 heteroatoms. The third-order valence-electron chi connectivity index (χ3n) is 3.81. The molecule has 0 spiro atoms. The molecular weight excluding hydrogens is 272 g/mol. The monoisotopic (exact) mass is 296 g/mol. The number of nitrogens with zero attached hydrogens (tertiary/aromatic N) is 4. The van der Waals surface area contributed by atoms with Gasteiger partial charge in [0.2, 0.25) is 11.8 Å². The Bertz CT molecular complexity index is 467. The quantitative estimate of drug-likeness (QED) is 0.808. The Morgan fingerprint density at radius 3 is 2.48 bits per heavy atom. The normalized spacial score (nSPS) is 18.2. The Hall–Kier alpha value is -1.47. The molecule has 21 heavy (non-hydrogen) atoms. The predicted molar refractivity (Wildman–Crippen MR) is 76.8 cm³/mol. The molecule has 1 saturated heterocycles. The van der Waals surface area contributed by atoms with Crippen LogP contribution in [0, 0.1) is 0 Å². The van der Waals surface area contributed by atoms with Gasteiger partial charge in [0.05, 0.1) is 6.04 Å². The molecule has 0 aliphatic carbocycles. The van der Waals surface area contributed by atoms with E-state index < -0.39 is 0 Å². The highest BCUT2D eigenvalue weighted by Crippen LogP contribution is 2.21. The van der Waals surface area contributed by atoms with Crippen LogP contribution < -0.4 is 0 Å². The van der Waals surface area contributed by atoms with Crippen molar-refractivity contribution in [2.24, 2.45) is 0 Å². The van der Waals surface area contributed by atoms with Crippen molar-refractivity contribution in [1.29, 1.82) is 0 Å². The first kappa shape index (κ1) is 15.9. The smallest absolute Gasteiger partial charge is 0.248 e. The van der Waals surface area contributed by atoms with Gasteiger partial charge in [0.25, 0.3) is 0 Å². The summed E-state index contributed by atoms with van der Waals surface area (Å²) in [7, 11) is 1.54. The highest BCUT2D eigenvalue weighted by molar-refractivity contribution is 5.77. The number of carbonyl (C=O) groups is 1. The van der Waals surface area contributed by atoms with Gasteiger partial charge < -0.3 is 14.2 Å². The van der Waals surface area contributed by atoms with Crippen molar-refractivity contribution in [3.05, 3.63) is 11.7 Å². The molecule has 0 bridgehead atoms. The summed E-state index contributed by atoms with van der Waals surface area (Å²) in [5.74, 6) is 1.70. The number of carbonyl (C=O) groups excluding carboxylic acids is 1. The topological polar surface area (TPSA) is 71.7 Å². The molecule has 0 saturated carbocycles.